The van der Waals surface area contributed by atoms with E-state index in [4.69, 9.17) is 0 Å². The van der Waals surface area contributed by atoms with Crippen LogP contribution in [0, 0.1) is 0 Å². The minimum atomic E-state index is -0.908. The molecule has 17 heavy (non-hydrogen) atoms. The zero-order valence-electron chi connectivity index (χ0n) is 10.1. The van der Waals surface area contributed by atoms with Crippen LogP contribution in [0.25, 0.3) is 0 Å². The minimum absolute atomic E-state index is 0.00660. The molecule has 3 unspecified atom stereocenters. The average molecular weight is 258 g/mol. The normalized spacial score (nSPS) is 28.6. The van der Waals surface area contributed by atoms with Crippen molar-refractivity contribution in [2.24, 2.45) is 0 Å². The maximum absolute atomic E-state index is 11.9. The Balaban J connectivity index is 1.88. The highest BCUT2D eigenvalue weighted by Gasteiger charge is 2.45. The van der Waals surface area contributed by atoms with Crippen LogP contribution in [0.2, 0.25) is 0 Å². The lowest BCUT2D eigenvalue weighted by molar-refractivity contribution is -0.139. The van der Waals surface area contributed by atoms with E-state index < -0.39 is 16.8 Å². The number of nitrogens with zero attached hydrogens (tertiary/aromatic N) is 1. The Hall–Kier alpha value is -0.750. The first-order valence-electron chi connectivity index (χ1n) is 5.92. The number of amides is 2. The fraction of sp³-hybridized carbons (Fsp3) is 0.818. The predicted octanol–water partition coefficient (Wildman–Crippen LogP) is -0.367. The Morgan fingerprint density at radius 3 is 2.65 bits per heavy atom. The molecule has 1 aliphatic heterocycles. The largest absolute Gasteiger partial charge is 0.304 e. The summed E-state index contributed by atoms with van der Waals surface area (Å²) < 4.78 is 11.2. The van der Waals surface area contributed by atoms with Crippen molar-refractivity contribution in [3.8, 4) is 0 Å². The smallest absolute Gasteiger partial charge is 0.247 e. The molecule has 5 nitrogen and oxygen atoms in total. The van der Waals surface area contributed by atoms with Crippen LogP contribution in [0.15, 0.2) is 0 Å². The van der Waals surface area contributed by atoms with Gasteiger partial charge in [-0.2, -0.15) is 0 Å². The molecule has 1 saturated heterocycles. The zero-order chi connectivity index (χ0) is 12.6. The van der Waals surface area contributed by atoms with Crippen molar-refractivity contribution >= 4 is 22.6 Å². The van der Waals surface area contributed by atoms with Crippen LogP contribution >= 0.6 is 0 Å². The summed E-state index contributed by atoms with van der Waals surface area (Å²) in [6.07, 6.45) is 3.78. The number of carbonyl (C=O) groups excluding carboxylic acids is 2. The van der Waals surface area contributed by atoms with E-state index >= 15 is 0 Å². The van der Waals surface area contributed by atoms with Crippen LogP contribution in [0.4, 0.5) is 0 Å². The lowest BCUT2D eigenvalue weighted by Crippen LogP contribution is -2.42. The maximum Gasteiger partial charge on any atom is 0.247 e. The van der Waals surface area contributed by atoms with E-state index in [0.717, 1.165) is 12.8 Å². The van der Waals surface area contributed by atoms with E-state index in [2.05, 4.69) is 5.32 Å². The molecular weight excluding hydrogens is 240 g/mol. The molecule has 1 aliphatic carbocycles. The second-order valence-corrected chi connectivity index (χ2v) is 6.61. The highest BCUT2D eigenvalue weighted by molar-refractivity contribution is 7.84. The molecule has 96 valence electrons. The highest BCUT2D eigenvalue weighted by Crippen LogP contribution is 2.31. The molecule has 0 aromatic heterocycles. The molecule has 0 spiro atoms. The van der Waals surface area contributed by atoms with Crippen molar-refractivity contribution in [3.05, 3.63) is 0 Å². The Morgan fingerprint density at radius 2 is 2.12 bits per heavy atom. The summed E-state index contributed by atoms with van der Waals surface area (Å²) in [5.74, 6) is -0.174. The molecule has 1 heterocycles. The first kappa shape index (κ1) is 12.7. The Labute approximate surface area is 103 Å². The standard InChI is InChI=1S/C11H18N2O3S/c1-7(17(2)16)6-12-9-5-10(14)13(11(9)15)8-3-4-8/h7-9,12H,3-6H2,1-2H3. The summed E-state index contributed by atoms with van der Waals surface area (Å²) in [6.45, 7) is 2.37. The SMILES string of the molecule is CC(CNC1CC(=O)N(C2CC2)C1=O)S(C)=O. The fourth-order valence-corrected chi connectivity index (χ4v) is 2.28. The monoisotopic (exact) mass is 258 g/mol. The molecule has 0 radical (unpaired) electrons. The molecule has 2 fully saturated rings. The third-order valence-corrected chi connectivity index (χ3v) is 4.61. The number of carbonyl (C=O) groups is 2. The predicted molar refractivity (Wildman–Crippen MR) is 64.8 cm³/mol. The molecule has 0 aromatic carbocycles. The highest BCUT2D eigenvalue weighted by atomic mass is 32.2. The minimum Gasteiger partial charge on any atom is -0.304 e. The zero-order valence-corrected chi connectivity index (χ0v) is 11.0. The molecule has 0 aromatic rings. The van der Waals surface area contributed by atoms with E-state index in [-0.39, 0.29) is 29.5 Å². The van der Waals surface area contributed by atoms with Crippen molar-refractivity contribution in [2.45, 2.75) is 43.5 Å². The molecule has 0 bridgehead atoms. The van der Waals surface area contributed by atoms with Gasteiger partial charge in [-0.05, 0) is 19.8 Å². The summed E-state index contributed by atoms with van der Waals surface area (Å²) in [4.78, 5) is 25.0. The number of hydrogen-bond acceptors (Lipinski definition) is 4. The van der Waals surface area contributed by atoms with Gasteiger partial charge in [-0.15, -0.1) is 0 Å². The number of hydrogen-bond donors (Lipinski definition) is 1. The molecule has 3 atom stereocenters. The second-order valence-electron chi connectivity index (χ2n) is 4.81. The van der Waals surface area contributed by atoms with Crippen LogP contribution < -0.4 is 5.32 Å². The van der Waals surface area contributed by atoms with Crippen LogP contribution in [0.1, 0.15) is 26.2 Å². The Kier molecular flexibility index (Phi) is 3.63. The topological polar surface area (TPSA) is 66.5 Å². The van der Waals surface area contributed by atoms with Crippen molar-refractivity contribution in [3.63, 3.8) is 0 Å². The summed E-state index contributed by atoms with van der Waals surface area (Å²) in [5.41, 5.74) is 0. The molecule has 2 rings (SSSR count). The van der Waals surface area contributed by atoms with E-state index in [9.17, 15) is 13.8 Å². The van der Waals surface area contributed by atoms with Gasteiger partial charge in [0.05, 0.1) is 12.5 Å². The van der Waals surface area contributed by atoms with Gasteiger partial charge in [0, 0.05) is 34.9 Å². The first-order valence-corrected chi connectivity index (χ1v) is 7.54. The third kappa shape index (κ3) is 2.74. The van der Waals surface area contributed by atoms with Gasteiger partial charge in [0.2, 0.25) is 11.8 Å². The van der Waals surface area contributed by atoms with Crippen LogP contribution in [0.5, 0.6) is 0 Å². The van der Waals surface area contributed by atoms with Gasteiger partial charge in [-0.25, -0.2) is 0 Å². The van der Waals surface area contributed by atoms with Gasteiger partial charge in [0.15, 0.2) is 0 Å². The summed E-state index contributed by atoms with van der Waals surface area (Å²) >= 11 is 0. The molecular formula is C11H18N2O3S. The van der Waals surface area contributed by atoms with Crippen LogP contribution in [-0.2, 0) is 20.4 Å². The quantitative estimate of drug-likeness (QED) is 0.684. The maximum atomic E-state index is 11.9. The van der Waals surface area contributed by atoms with E-state index in [1.165, 1.54) is 4.90 Å². The lowest BCUT2D eigenvalue weighted by Gasteiger charge is -2.16. The van der Waals surface area contributed by atoms with Gasteiger partial charge in [-0.1, -0.05) is 0 Å². The van der Waals surface area contributed by atoms with Gasteiger partial charge in [0.25, 0.3) is 0 Å². The van der Waals surface area contributed by atoms with Gasteiger partial charge in [-0.3, -0.25) is 18.7 Å². The van der Waals surface area contributed by atoms with Gasteiger partial charge < -0.3 is 5.32 Å². The molecule has 1 saturated carbocycles. The van der Waals surface area contributed by atoms with Crippen molar-refractivity contribution in [1.29, 1.82) is 0 Å². The molecule has 2 aliphatic rings. The van der Waals surface area contributed by atoms with Crippen molar-refractivity contribution in [1.82, 2.24) is 10.2 Å². The molecule has 2 amide bonds. The third-order valence-electron chi connectivity index (χ3n) is 3.31. The van der Waals surface area contributed by atoms with E-state index in [0.29, 0.717) is 6.54 Å². The summed E-state index contributed by atoms with van der Waals surface area (Å²) in [7, 11) is -0.908. The molecule has 1 N–H and O–H groups in total. The first-order chi connectivity index (χ1) is 8.00. The van der Waals surface area contributed by atoms with Crippen LogP contribution in [-0.4, -0.2) is 51.1 Å². The average Bonchev–Trinajstić information content (AvgIpc) is 3.03. The lowest BCUT2D eigenvalue weighted by atomic mass is 10.2. The van der Waals surface area contributed by atoms with E-state index in [1.54, 1.807) is 6.26 Å². The van der Waals surface area contributed by atoms with Gasteiger partial charge in [0.1, 0.15) is 0 Å². The Morgan fingerprint density at radius 1 is 1.47 bits per heavy atom. The second kappa shape index (κ2) is 4.86. The van der Waals surface area contributed by atoms with Crippen molar-refractivity contribution < 1.29 is 13.8 Å². The van der Waals surface area contributed by atoms with Crippen LogP contribution in [0.3, 0.4) is 0 Å². The fourth-order valence-electron chi connectivity index (χ4n) is 1.95. The summed E-state index contributed by atoms with van der Waals surface area (Å²) in [5, 5.41) is 3.04. The summed E-state index contributed by atoms with van der Waals surface area (Å²) in [6, 6.07) is -0.256. The molecule has 6 heteroatoms. The number of imide groups is 1. The number of nitrogens with one attached hydrogen (secondary N) is 1. The number of rotatable bonds is 5. The van der Waals surface area contributed by atoms with E-state index in [1.807, 2.05) is 6.92 Å². The van der Waals surface area contributed by atoms with Gasteiger partial charge >= 0.3 is 0 Å². The number of likely N-dealkylation sites (tertiary alicyclic amines) is 1. The Bertz CT molecular complexity index is 368. The van der Waals surface area contributed by atoms with Crippen molar-refractivity contribution in [2.75, 3.05) is 12.8 Å².